The van der Waals surface area contributed by atoms with E-state index in [9.17, 15) is 0 Å². The summed E-state index contributed by atoms with van der Waals surface area (Å²) < 4.78 is 0. The zero-order valence-corrected chi connectivity index (χ0v) is 11.4. The van der Waals surface area contributed by atoms with Crippen LogP contribution in [0.15, 0.2) is 18.3 Å². The molecule has 3 unspecified atom stereocenters. The van der Waals surface area contributed by atoms with Gasteiger partial charge in [0.15, 0.2) is 0 Å². The molecule has 2 fully saturated rings. The summed E-state index contributed by atoms with van der Waals surface area (Å²) in [7, 11) is 0. The highest BCUT2D eigenvalue weighted by molar-refractivity contribution is 5.43. The second kappa shape index (κ2) is 4.88. The van der Waals surface area contributed by atoms with Crippen molar-refractivity contribution in [1.29, 1.82) is 0 Å². The van der Waals surface area contributed by atoms with E-state index in [-0.39, 0.29) is 0 Å². The summed E-state index contributed by atoms with van der Waals surface area (Å²) in [4.78, 5) is 7.18. The first-order valence-electron chi connectivity index (χ1n) is 7.24. The van der Waals surface area contributed by atoms with E-state index in [1.165, 1.54) is 37.2 Å². The van der Waals surface area contributed by atoms with Gasteiger partial charge in [0.25, 0.3) is 0 Å². The van der Waals surface area contributed by atoms with Gasteiger partial charge in [-0.25, -0.2) is 4.98 Å². The average Bonchev–Trinajstić information content (AvgIpc) is 3.01. The van der Waals surface area contributed by atoms with Gasteiger partial charge in [-0.05, 0) is 50.3 Å². The zero-order chi connectivity index (χ0) is 12.5. The highest BCUT2D eigenvalue weighted by Crippen LogP contribution is 2.39. The first-order valence-corrected chi connectivity index (χ1v) is 7.24. The number of nitrogens with zero attached hydrogens (tertiary/aromatic N) is 2. The van der Waals surface area contributed by atoms with Crippen molar-refractivity contribution < 1.29 is 0 Å². The Labute approximate surface area is 110 Å². The van der Waals surface area contributed by atoms with Gasteiger partial charge >= 0.3 is 0 Å². The van der Waals surface area contributed by atoms with Gasteiger partial charge in [0.2, 0.25) is 0 Å². The third-order valence-electron chi connectivity index (χ3n) is 4.48. The van der Waals surface area contributed by atoms with Gasteiger partial charge in [-0.1, -0.05) is 13.0 Å². The second-order valence-corrected chi connectivity index (χ2v) is 5.71. The lowest BCUT2D eigenvalue weighted by Crippen LogP contribution is -2.32. The minimum absolute atomic E-state index is 0.395. The molecule has 2 bridgehead atoms. The molecular formula is C15H23N3. The number of nitrogens with one attached hydrogen (secondary N) is 1. The standard InChI is InChI=1S/C15H23N3/c1-3-16-11(2)13-5-7-15(17-9-13)18-10-12-4-6-14(18)8-12/h5,7,9,11-12,14,16H,3-4,6,8,10H2,1-2H3. The highest BCUT2D eigenvalue weighted by Gasteiger charge is 2.38. The molecule has 3 rings (SSSR count). The van der Waals surface area contributed by atoms with Gasteiger partial charge in [-0.2, -0.15) is 0 Å². The molecule has 1 aliphatic heterocycles. The van der Waals surface area contributed by atoms with Crippen molar-refractivity contribution in [2.45, 2.75) is 45.2 Å². The molecule has 2 heterocycles. The molecule has 1 aromatic rings. The molecule has 0 radical (unpaired) electrons. The van der Waals surface area contributed by atoms with E-state index in [0.29, 0.717) is 6.04 Å². The van der Waals surface area contributed by atoms with E-state index in [4.69, 9.17) is 0 Å². The number of piperidine rings is 1. The third-order valence-corrected chi connectivity index (χ3v) is 4.48. The van der Waals surface area contributed by atoms with Gasteiger partial charge < -0.3 is 10.2 Å². The van der Waals surface area contributed by atoms with Gasteiger partial charge in [0.1, 0.15) is 5.82 Å². The number of hydrogen-bond donors (Lipinski definition) is 1. The second-order valence-electron chi connectivity index (χ2n) is 5.71. The van der Waals surface area contributed by atoms with Crippen LogP contribution in [0, 0.1) is 5.92 Å². The van der Waals surface area contributed by atoms with E-state index in [0.717, 1.165) is 18.5 Å². The summed E-state index contributed by atoms with van der Waals surface area (Å²) in [6, 6.07) is 5.58. The molecule has 18 heavy (non-hydrogen) atoms. The molecule has 3 nitrogen and oxygen atoms in total. The van der Waals surface area contributed by atoms with E-state index in [1.54, 1.807) is 0 Å². The van der Waals surface area contributed by atoms with Crippen LogP contribution in [0.3, 0.4) is 0 Å². The lowest BCUT2D eigenvalue weighted by Gasteiger charge is -2.28. The average molecular weight is 245 g/mol. The van der Waals surface area contributed by atoms with Crippen molar-refractivity contribution in [2.75, 3.05) is 18.0 Å². The quantitative estimate of drug-likeness (QED) is 0.884. The lowest BCUT2D eigenvalue weighted by atomic mass is 10.1. The lowest BCUT2D eigenvalue weighted by molar-refractivity contribution is 0.549. The topological polar surface area (TPSA) is 28.2 Å². The van der Waals surface area contributed by atoms with Gasteiger partial charge in [0, 0.05) is 24.8 Å². The van der Waals surface area contributed by atoms with Gasteiger partial charge in [0.05, 0.1) is 0 Å². The van der Waals surface area contributed by atoms with Crippen molar-refractivity contribution in [3.05, 3.63) is 23.9 Å². The number of fused-ring (bicyclic) bond motifs is 2. The highest BCUT2D eigenvalue weighted by atomic mass is 15.2. The largest absolute Gasteiger partial charge is 0.353 e. The van der Waals surface area contributed by atoms with Crippen LogP contribution in [-0.4, -0.2) is 24.1 Å². The Balaban J connectivity index is 1.71. The van der Waals surface area contributed by atoms with Crippen LogP contribution in [0.2, 0.25) is 0 Å². The Kier molecular flexibility index (Phi) is 3.25. The summed E-state index contributed by atoms with van der Waals surface area (Å²) in [5.41, 5.74) is 1.28. The maximum absolute atomic E-state index is 4.67. The van der Waals surface area contributed by atoms with Crippen molar-refractivity contribution in [1.82, 2.24) is 10.3 Å². The minimum atomic E-state index is 0.395. The minimum Gasteiger partial charge on any atom is -0.353 e. The summed E-state index contributed by atoms with van der Waals surface area (Å²) in [6.07, 6.45) is 6.21. The molecule has 1 N–H and O–H groups in total. The monoisotopic (exact) mass is 245 g/mol. The van der Waals surface area contributed by atoms with Crippen molar-refractivity contribution in [3.8, 4) is 0 Å². The van der Waals surface area contributed by atoms with Crippen LogP contribution < -0.4 is 10.2 Å². The fourth-order valence-electron chi connectivity index (χ4n) is 3.45. The Hall–Kier alpha value is -1.09. The summed E-state index contributed by atoms with van der Waals surface area (Å²) >= 11 is 0. The van der Waals surface area contributed by atoms with E-state index >= 15 is 0 Å². The molecule has 0 aromatic carbocycles. The number of hydrogen-bond acceptors (Lipinski definition) is 3. The molecule has 1 aromatic heterocycles. The number of pyridine rings is 1. The normalized spacial score (nSPS) is 27.8. The van der Waals surface area contributed by atoms with Crippen LogP contribution in [0.4, 0.5) is 5.82 Å². The number of aromatic nitrogens is 1. The molecule has 1 aliphatic carbocycles. The first kappa shape index (κ1) is 12.0. The predicted octanol–water partition coefficient (Wildman–Crippen LogP) is 2.74. The molecule has 98 valence electrons. The Morgan fingerprint density at radius 2 is 2.33 bits per heavy atom. The van der Waals surface area contributed by atoms with Crippen molar-refractivity contribution in [2.24, 2.45) is 5.92 Å². The molecule has 0 amide bonds. The molecule has 1 saturated heterocycles. The molecule has 3 heteroatoms. The molecular weight excluding hydrogens is 222 g/mol. The number of rotatable bonds is 4. The maximum atomic E-state index is 4.67. The Bertz CT molecular complexity index is 401. The van der Waals surface area contributed by atoms with E-state index in [2.05, 4.69) is 41.2 Å². The van der Waals surface area contributed by atoms with Gasteiger partial charge in [-0.3, -0.25) is 0 Å². The first-order chi connectivity index (χ1) is 8.78. The summed E-state index contributed by atoms with van der Waals surface area (Å²) in [6.45, 7) is 6.55. The van der Waals surface area contributed by atoms with E-state index in [1.807, 2.05) is 6.20 Å². The van der Waals surface area contributed by atoms with Crippen LogP contribution >= 0.6 is 0 Å². The smallest absolute Gasteiger partial charge is 0.128 e. The van der Waals surface area contributed by atoms with E-state index < -0.39 is 0 Å². The fraction of sp³-hybridized carbons (Fsp3) is 0.667. The molecule has 3 atom stereocenters. The van der Waals surface area contributed by atoms with Crippen LogP contribution in [0.1, 0.15) is 44.7 Å². The summed E-state index contributed by atoms with van der Waals surface area (Å²) in [5.74, 6) is 2.10. The Morgan fingerprint density at radius 1 is 1.44 bits per heavy atom. The molecule has 1 saturated carbocycles. The van der Waals surface area contributed by atoms with Crippen molar-refractivity contribution in [3.63, 3.8) is 0 Å². The molecule has 2 aliphatic rings. The fourth-order valence-corrected chi connectivity index (χ4v) is 3.45. The van der Waals surface area contributed by atoms with Crippen LogP contribution in [0.25, 0.3) is 0 Å². The van der Waals surface area contributed by atoms with Crippen LogP contribution in [-0.2, 0) is 0 Å². The Morgan fingerprint density at radius 3 is 2.89 bits per heavy atom. The van der Waals surface area contributed by atoms with Gasteiger partial charge in [-0.15, -0.1) is 0 Å². The zero-order valence-electron chi connectivity index (χ0n) is 11.4. The number of anilines is 1. The summed E-state index contributed by atoms with van der Waals surface area (Å²) in [5, 5.41) is 3.42. The third kappa shape index (κ3) is 2.12. The predicted molar refractivity (Wildman–Crippen MR) is 74.8 cm³/mol. The van der Waals surface area contributed by atoms with Crippen LogP contribution in [0.5, 0.6) is 0 Å². The maximum Gasteiger partial charge on any atom is 0.128 e. The SMILES string of the molecule is CCNC(C)c1ccc(N2CC3CCC2C3)nc1. The molecule has 0 spiro atoms. The van der Waals surface area contributed by atoms with Crippen molar-refractivity contribution >= 4 is 5.82 Å².